The van der Waals surface area contributed by atoms with Gasteiger partial charge >= 0.3 is 6.03 Å². The van der Waals surface area contributed by atoms with Crippen LogP contribution in [0.15, 0.2) is 48.5 Å². The van der Waals surface area contributed by atoms with Crippen LogP contribution in [0, 0.1) is 13.8 Å². The molecule has 1 fully saturated rings. The summed E-state index contributed by atoms with van der Waals surface area (Å²) in [6.07, 6.45) is 1.39. The molecule has 0 radical (unpaired) electrons. The Morgan fingerprint density at radius 1 is 1.12 bits per heavy atom. The first kappa shape index (κ1) is 18.0. The number of aryl methyl sites for hydroxylation is 2. The van der Waals surface area contributed by atoms with Crippen molar-refractivity contribution in [3.8, 4) is 0 Å². The minimum atomic E-state index is -0.465. The lowest BCUT2D eigenvalue weighted by molar-refractivity contribution is -0.118. The number of hydrogen-bond acceptors (Lipinski definition) is 2. The van der Waals surface area contributed by atoms with Gasteiger partial charge in [0.05, 0.1) is 0 Å². The molecule has 0 saturated carbocycles. The largest absolute Gasteiger partial charge is 0.338 e. The number of carbonyl (C=O) groups is 2. The number of carbonyl (C=O) groups excluding carboxylic acids is 2. The lowest BCUT2D eigenvalue weighted by Crippen LogP contribution is -2.46. The van der Waals surface area contributed by atoms with Gasteiger partial charge in [-0.25, -0.2) is 4.79 Å². The standard InChI is InChI=1S/C21H25N3O2/c1-15-8-9-18(14-16(15)2)24-13-11-19(20(24)25)23-21(26)22-12-10-17-6-4-3-5-7-17/h3-9,14,19H,10-13H2,1-2H3,(H2,22,23,26)/t19-/m0/s1. The molecule has 26 heavy (non-hydrogen) atoms. The molecule has 3 rings (SSSR count). The van der Waals surface area contributed by atoms with Crippen LogP contribution in [0.25, 0.3) is 0 Å². The van der Waals surface area contributed by atoms with Gasteiger partial charge in [-0.2, -0.15) is 0 Å². The Balaban J connectivity index is 1.50. The molecule has 1 aliphatic rings. The molecule has 0 aliphatic carbocycles. The van der Waals surface area contributed by atoms with Gasteiger partial charge in [-0.15, -0.1) is 0 Å². The first-order valence-electron chi connectivity index (χ1n) is 9.01. The average molecular weight is 351 g/mol. The summed E-state index contributed by atoms with van der Waals surface area (Å²) in [6, 6.07) is 15.2. The molecule has 2 N–H and O–H groups in total. The van der Waals surface area contributed by atoms with Crippen LogP contribution in [0.3, 0.4) is 0 Å². The van der Waals surface area contributed by atoms with E-state index in [2.05, 4.69) is 17.6 Å². The van der Waals surface area contributed by atoms with Crippen LogP contribution in [-0.2, 0) is 11.2 Å². The maximum atomic E-state index is 12.6. The van der Waals surface area contributed by atoms with Gasteiger partial charge in [-0.1, -0.05) is 36.4 Å². The molecule has 3 amide bonds. The fourth-order valence-corrected chi connectivity index (χ4v) is 3.14. The van der Waals surface area contributed by atoms with E-state index in [1.54, 1.807) is 4.90 Å². The zero-order valence-corrected chi connectivity index (χ0v) is 15.3. The zero-order valence-electron chi connectivity index (χ0n) is 15.3. The van der Waals surface area contributed by atoms with Crippen molar-refractivity contribution >= 4 is 17.6 Å². The molecule has 5 nitrogen and oxygen atoms in total. The second-order valence-corrected chi connectivity index (χ2v) is 6.74. The lowest BCUT2D eigenvalue weighted by Gasteiger charge is -2.18. The minimum absolute atomic E-state index is 0.0496. The molecule has 0 spiro atoms. The molecule has 0 aromatic heterocycles. The van der Waals surface area contributed by atoms with Crippen LogP contribution in [0.2, 0.25) is 0 Å². The first-order chi connectivity index (χ1) is 12.5. The second-order valence-electron chi connectivity index (χ2n) is 6.74. The van der Waals surface area contributed by atoms with Gasteiger partial charge in [0.25, 0.3) is 0 Å². The van der Waals surface area contributed by atoms with Crippen LogP contribution < -0.4 is 15.5 Å². The Morgan fingerprint density at radius 2 is 1.88 bits per heavy atom. The smallest absolute Gasteiger partial charge is 0.315 e. The average Bonchev–Trinajstić information content (AvgIpc) is 2.99. The molecule has 5 heteroatoms. The number of urea groups is 1. The molecule has 0 bridgehead atoms. The topological polar surface area (TPSA) is 61.4 Å². The van der Waals surface area contributed by atoms with E-state index in [1.807, 2.05) is 55.5 Å². The van der Waals surface area contributed by atoms with Gasteiger partial charge in [0.15, 0.2) is 0 Å². The summed E-state index contributed by atoms with van der Waals surface area (Å²) >= 11 is 0. The van der Waals surface area contributed by atoms with Gasteiger partial charge < -0.3 is 15.5 Å². The Bertz CT molecular complexity index is 789. The number of anilines is 1. The van der Waals surface area contributed by atoms with Crippen LogP contribution in [0.1, 0.15) is 23.1 Å². The van der Waals surface area contributed by atoms with Crippen LogP contribution in [0.4, 0.5) is 10.5 Å². The van der Waals surface area contributed by atoms with E-state index in [0.29, 0.717) is 19.5 Å². The molecule has 1 aliphatic heterocycles. The van der Waals surface area contributed by atoms with Gasteiger partial charge in [0.2, 0.25) is 5.91 Å². The van der Waals surface area contributed by atoms with Crippen molar-refractivity contribution in [3.05, 3.63) is 65.2 Å². The van der Waals surface area contributed by atoms with Crippen molar-refractivity contribution < 1.29 is 9.59 Å². The van der Waals surface area contributed by atoms with Gasteiger partial charge in [0.1, 0.15) is 6.04 Å². The Labute approximate surface area is 154 Å². The number of amides is 3. The molecule has 136 valence electrons. The summed E-state index contributed by atoms with van der Waals surface area (Å²) in [5.41, 5.74) is 4.43. The SMILES string of the molecule is Cc1ccc(N2CC[C@H](NC(=O)NCCc3ccccc3)C2=O)cc1C. The fourth-order valence-electron chi connectivity index (χ4n) is 3.14. The first-order valence-corrected chi connectivity index (χ1v) is 9.01. The third-order valence-corrected chi connectivity index (χ3v) is 4.86. The van der Waals surface area contributed by atoms with E-state index in [9.17, 15) is 9.59 Å². The Morgan fingerprint density at radius 3 is 2.62 bits per heavy atom. The quantitative estimate of drug-likeness (QED) is 0.870. The Hall–Kier alpha value is -2.82. The predicted molar refractivity (Wildman–Crippen MR) is 103 cm³/mol. The molecule has 0 unspecified atom stereocenters. The second kappa shape index (κ2) is 8.04. The molecule has 1 saturated heterocycles. The number of nitrogens with one attached hydrogen (secondary N) is 2. The minimum Gasteiger partial charge on any atom is -0.338 e. The van der Waals surface area contributed by atoms with Crippen LogP contribution >= 0.6 is 0 Å². The van der Waals surface area contributed by atoms with E-state index in [-0.39, 0.29) is 11.9 Å². The highest BCUT2D eigenvalue weighted by Gasteiger charge is 2.33. The van der Waals surface area contributed by atoms with Gasteiger partial charge in [-0.05, 0) is 55.5 Å². The summed E-state index contributed by atoms with van der Waals surface area (Å²) in [5, 5.41) is 5.63. The highest BCUT2D eigenvalue weighted by molar-refractivity contribution is 6.01. The van der Waals surface area contributed by atoms with Crippen molar-refractivity contribution in [3.63, 3.8) is 0 Å². The number of hydrogen-bond donors (Lipinski definition) is 2. The maximum absolute atomic E-state index is 12.6. The van der Waals surface area contributed by atoms with E-state index in [0.717, 1.165) is 17.7 Å². The molecular formula is C21H25N3O2. The van der Waals surface area contributed by atoms with Gasteiger partial charge in [-0.3, -0.25) is 4.79 Å². The van der Waals surface area contributed by atoms with Crippen molar-refractivity contribution in [2.45, 2.75) is 32.7 Å². The fraction of sp³-hybridized carbons (Fsp3) is 0.333. The highest BCUT2D eigenvalue weighted by atomic mass is 16.2. The monoisotopic (exact) mass is 351 g/mol. The maximum Gasteiger partial charge on any atom is 0.315 e. The molecule has 1 atom stereocenters. The van der Waals surface area contributed by atoms with E-state index < -0.39 is 6.04 Å². The van der Waals surface area contributed by atoms with Crippen molar-refractivity contribution in [2.24, 2.45) is 0 Å². The number of benzene rings is 2. The third kappa shape index (κ3) is 4.23. The van der Waals surface area contributed by atoms with E-state index in [1.165, 1.54) is 11.1 Å². The summed E-state index contributed by atoms with van der Waals surface area (Å²) in [7, 11) is 0. The lowest BCUT2D eigenvalue weighted by atomic mass is 10.1. The predicted octanol–water partition coefficient (Wildman–Crippen LogP) is 2.95. The third-order valence-electron chi connectivity index (χ3n) is 4.86. The summed E-state index contributed by atoms with van der Waals surface area (Å²) in [5.74, 6) is -0.0496. The molecular weight excluding hydrogens is 326 g/mol. The molecule has 2 aromatic carbocycles. The number of nitrogens with zero attached hydrogens (tertiary/aromatic N) is 1. The van der Waals surface area contributed by atoms with E-state index >= 15 is 0 Å². The summed E-state index contributed by atoms with van der Waals surface area (Å²) in [6.45, 7) is 5.25. The van der Waals surface area contributed by atoms with Crippen LogP contribution in [-0.4, -0.2) is 31.1 Å². The molecule has 2 aromatic rings. The van der Waals surface area contributed by atoms with Crippen LogP contribution in [0.5, 0.6) is 0 Å². The van der Waals surface area contributed by atoms with E-state index in [4.69, 9.17) is 0 Å². The normalized spacial score (nSPS) is 16.6. The van der Waals surface area contributed by atoms with Crippen molar-refractivity contribution in [2.75, 3.05) is 18.0 Å². The van der Waals surface area contributed by atoms with Crippen molar-refractivity contribution in [1.29, 1.82) is 0 Å². The summed E-state index contributed by atoms with van der Waals surface area (Å²) in [4.78, 5) is 26.5. The molecule has 1 heterocycles. The van der Waals surface area contributed by atoms with Gasteiger partial charge in [0, 0.05) is 18.8 Å². The highest BCUT2D eigenvalue weighted by Crippen LogP contribution is 2.24. The number of rotatable bonds is 5. The summed E-state index contributed by atoms with van der Waals surface area (Å²) < 4.78 is 0. The zero-order chi connectivity index (χ0) is 18.5. The Kier molecular flexibility index (Phi) is 5.56. The van der Waals surface area contributed by atoms with Crippen molar-refractivity contribution in [1.82, 2.24) is 10.6 Å².